The lowest BCUT2D eigenvalue weighted by atomic mass is 9.62. The molecular weight excluding hydrogens is 1090 g/mol. The van der Waals surface area contributed by atoms with Crippen molar-refractivity contribution in [2.24, 2.45) is 0 Å². The number of nitrogens with zero attached hydrogens (tertiary/aromatic N) is 5. The summed E-state index contributed by atoms with van der Waals surface area (Å²) < 4.78 is 70.5. The number of hydrogen-bond acceptors (Lipinski definition) is 2. The zero-order chi connectivity index (χ0) is 66.9. The van der Waals surface area contributed by atoms with E-state index in [-0.39, 0.29) is 38.4 Å². The van der Waals surface area contributed by atoms with Gasteiger partial charge in [-0.05, 0) is 205 Å². The van der Waals surface area contributed by atoms with E-state index in [9.17, 15) is 0 Å². The van der Waals surface area contributed by atoms with E-state index in [0.717, 1.165) is 118 Å². The molecule has 4 aromatic heterocycles. The molecule has 14 aromatic rings. The molecule has 2 aliphatic rings. The van der Waals surface area contributed by atoms with Crippen LogP contribution in [0.3, 0.4) is 0 Å². The maximum Gasteiger partial charge on any atom is 0.269 e. The summed E-state index contributed by atoms with van der Waals surface area (Å²) in [4.78, 5) is 4.96. The third kappa shape index (κ3) is 8.65. The Bertz CT molecular complexity index is 5500. The maximum atomic E-state index is 9.08. The van der Waals surface area contributed by atoms with Crippen molar-refractivity contribution in [2.75, 3.05) is 0 Å². The summed E-state index contributed by atoms with van der Waals surface area (Å²) in [5.41, 5.74) is 18.6. The molecule has 90 heavy (non-hydrogen) atoms. The van der Waals surface area contributed by atoms with E-state index < -0.39 is 13.7 Å². The van der Waals surface area contributed by atoms with Gasteiger partial charge in [-0.2, -0.15) is 0 Å². The molecule has 0 amide bonds. The Morgan fingerprint density at radius 3 is 1.68 bits per heavy atom. The molecule has 0 radical (unpaired) electrons. The van der Waals surface area contributed by atoms with Crippen LogP contribution in [0.4, 0.5) is 0 Å². The number of ether oxygens (including phenoxy) is 1. The molecule has 0 N–H and O–H groups in total. The zero-order valence-electron chi connectivity index (χ0n) is 58.8. The first-order valence-corrected chi connectivity index (χ1v) is 31.6. The van der Waals surface area contributed by atoms with Gasteiger partial charge in [0.2, 0.25) is 0 Å². The number of imidazole rings is 1. The number of rotatable bonds is 6. The second kappa shape index (κ2) is 19.9. The smallest absolute Gasteiger partial charge is 0.269 e. The second-order valence-electron chi connectivity index (χ2n) is 28.4. The van der Waals surface area contributed by atoms with E-state index in [1.54, 1.807) is 18.2 Å². The van der Waals surface area contributed by atoms with Crippen LogP contribution in [-0.4, -0.2) is 18.7 Å². The number of aromatic nitrogens is 5. The quantitative estimate of drug-likeness (QED) is 0.123. The molecular formula is C84H75N5O. The molecule has 0 spiro atoms. The molecule has 0 saturated heterocycles. The van der Waals surface area contributed by atoms with E-state index >= 15 is 0 Å². The Morgan fingerprint density at radius 2 is 1.04 bits per heavy atom. The number of hydrogen-bond donors (Lipinski definition) is 0. The van der Waals surface area contributed by atoms with Crippen LogP contribution in [0, 0.1) is 20.0 Å². The lowest BCUT2D eigenvalue weighted by Crippen LogP contribution is -2.34. The van der Waals surface area contributed by atoms with Gasteiger partial charge in [-0.25, -0.2) is 4.98 Å². The van der Waals surface area contributed by atoms with Crippen molar-refractivity contribution in [3.63, 3.8) is 0 Å². The van der Waals surface area contributed by atoms with Crippen molar-refractivity contribution in [3.05, 3.63) is 252 Å². The minimum atomic E-state index is -2.68. The first kappa shape index (κ1) is 49.1. The molecule has 0 fully saturated rings. The Kier molecular flexibility index (Phi) is 10.8. The molecule has 442 valence electrons. The fraction of sp³-hybridized carbons (Fsp3) is 0.214. The fourth-order valence-corrected chi connectivity index (χ4v) is 14.7. The van der Waals surface area contributed by atoms with E-state index in [0.29, 0.717) is 28.3 Å². The maximum absolute atomic E-state index is 9.08. The third-order valence-corrected chi connectivity index (χ3v) is 19.7. The zero-order valence-corrected chi connectivity index (χ0v) is 52.8. The van der Waals surface area contributed by atoms with Gasteiger partial charge in [0, 0.05) is 42.0 Å². The summed E-state index contributed by atoms with van der Waals surface area (Å²) in [6.07, 6.45) is 8.01. The SMILES string of the molecule is [2H]C([2H])([2H])c1cccc(C([2H])([2H])[2H])c1-c1cc2c3c(c1)n(-c1cccc(Oc4ccc5c6ccccc6n(-c6cc(C(C)(C)C)ccn6)c5c4)c1)[c-][n+]3-c1c(cc(C(C)(C)C)cc1-n1c3ccccc3c3ccccc31)-c1cc3c(cc1-c1ccccc1-2)C(C)(C)CCC3(C)C. The predicted molar refractivity (Wildman–Crippen MR) is 374 cm³/mol. The molecule has 5 heterocycles. The van der Waals surface area contributed by atoms with Gasteiger partial charge in [0.15, 0.2) is 0 Å². The summed E-state index contributed by atoms with van der Waals surface area (Å²) in [6.45, 7) is 17.7. The van der Waals surface area contributed by atoms with Gasteiger partial charge in [-0.3, -0.25) is 13.7 Å². The normalized spacial score (nSPS) is 15.6. The van der Waals surface area contributed by atoms with Gasteiger partial charge in [-0.15, -0.1) is 0 Å². The first-order chi connectivity index (χ1) is 45.6. The lowest BCUT2D eigenvalue weighted by molar-refractivity contribution is -0.571. The van der Waals surface area contributed by atoms with Gasteiger partial charge in [0.1, 0.15) is 17.3 Å². The fourth-order valence-electron chi connectivity index (χ4n) is 14.7. The molecule has 0 unspecified atom stereocenters. The largest absolute Gasteiger partial charge is 0.458 e. The highest BCUT2D eigenvalue weighted by molar-refractivity contribution is 6.11. The van der Waals surface area contributed by atoms with Crippen molar-refractivity contribution < 1.29 is 17.5 Å². The van der Waals surface area contributed by atoms with Crippen molar-refractivity contribution in [1.29, 1.82) is 0 Å². The minimum Gasteiger partial charge on any atom is -0.458 e. The predicted octanol–water partition coefficient (Wildman–Crippen LogP) is 21.6. The number of aryl methyl sites for hydroxylation is 2. The average molecular weight is 1180 g/mol. The molecule has 0 atom stereocenters. The third-order valence-electron chi connectivity index (χ3n) is 19.7. The van der Waals surface area contributed by atoms with Gasteiger partial charge >= 0.3 is 0 Å². The highest BCUT2D eigenvalue weighted by Gasteiger charge is 2.40. The van der Waals surface area contributed by atoms with Gasteiger partial charge in [0.05, 0.1) is 50.2 Å². The number of pyridine rings is 1. The van der Waals surface area contributed by atoms with Crippen LogP contribution in [-0.2, 0) is 21.7 Å². The molecule has 1 aliphatic heterocycles. The summed E-state index contributed by atoms with van der Waals surface area (Å²) in [5, 5.41) is 4.43. The van der Waals surface area contributed by atoms with E-state index in [2.05, 4.69) is 239 Å². The van der Waals surface area contributed by atoms with Crippen molar-refractivity contribution in [2.45, 2.75) is 117 Å². The van der Waals surface area contributed by atoms with Crippen LogP contribution in [0.5, 0.6) is 11.5 Å². The summed E-state index contributed by atoms with van der Waals surface area (Å²) in [5.74, 6) is 2.01. The molecule has 16 rings (SSSR count). The number of benzene rings is 10. The van der Waals surface area contributed by atoms with Crippen LogP contribution < -0.4 is 9.30 Å². The number of fused-ring (bicyclic) bond motifs is 14. The molecule has 1 aliphatic carbocycles. The first-order valence-electron chi connectivity index (χ1n) is 34.6. The Morgan fingerprint density at radius 1 is 0.478 bits per heavy atom. The van der Waals surface area contributed by atoms with Gasteiger partial charge in [-0.1, -0.05) is 191 Å². The van der Waals surface area contributed by atoms with Gasteiger partial charge in [0.25, 0.3) is 6.33 Å². The lowest BCUT2D eigenvalue weighted by Gasteiger charge is -2.42. The van der Waals surface area contributed by atoms with E-state index in [1.165, 1.54) is 16.7 Å². The van der Waals surface area contributed by atoms with Crippen LogP contribution >= 0.6 is 0 Å². The molecule has 0 saturated carbocycles. The highest BCUT2D eigenvalue weighted by atomic mass is 16.5. The summed E-state index contributed by atoms with van der Waals surface area (Å²) in [7, 11) is 0. The highest BCUT2D eigenvalue weighted by Crippen LogP contribution is 2.54. The Balaban J connectivity index is 1.04. The Hall–Kier alpha value is -9.78. The van der Waals surface area contributed by atoms with Crippen LogP contribution in [0.25, 0.3) is 122 Å². The molecule has 6 heteroatoms. The van der Waals surface area contributed by atoms with E-state index in [4.69, 9.17) is 17.9 Å². The minimum absolute atomic E-state index is 0.0476. The number of para-hydroxylation sites is 3. The second-order valence-corrected chi connectivity index (χ2v) is 28.4. The van der Waals surface area contributed by atoms with Crippen LogP contribution in [0.2, 0.25) is 0 Å². The van der Waals surface area contributed by atoms with Crippen LogP contribution in [0.15, 0.2) is 212 Å². The van der Waals surface area contributed by atoms with Crippen molar-refractivity contribution in [3.8, 4) is 78.9 Å². The molecule has 0 bridgehead atoms. The van der Waals surface area contributed by atoms with E-state index in [1.807, 2.05) is 48.7 Å². The Labute approximate surface area is 536 Å². The molecule has 6 nitrogen and oxygen atoms in total. The standard InChI is InChI=1S/C84H75N5O/c1-51-23-21-24-52(2)78(51)53-41-67-60-28-14-13-27-59(60)65-48-69-70(84(11,12)39-38-83(69,9)10)49-66(65)68-43-55(82(6,7)8)44-76(88-71-32-18-15-29-61(71)62-30-16-19-33-72(62)88)80(68)87-50-86(75(42-53)79(67)87)56-25-22-26-57(46-56)90-58-35-36-64-63-31-17-20-34-73(63)89(74(64)47-58)77-45-54(37-40-85-77)81(3,4)5/h13-37,40-49H,38-39H2,1-12H3/i1D3,2D3. The van der Waals surface area contributed by atoms with Crippen molar-refractivity contribution >= 4 is 54.6 Å². The average Bonchev–Trinajstić information content (AvgIpc) is 1.49. The molecule has 10 aromatic carbocycles. The topological polar surface area (TPSA) is 40.8 Å². The van der Waals surface area contributed by atoms with Gasteiger partial charge < -0.3 is 9.30 Å². The monoisotopic (exact) mass is 1180 g/mol. The summed E-state index contributed by atoms with van der Waals surface area (Å²) in [6, 6.07) is 71.3. The summed E-state index contributed by atoms with van der Waals surface area (Å²) >= 11 is 0. The van der Waals surface area contributed by atoms with Crippen LogP contribution in [0.1, 0.15) is 124 Å². The van der Waals surface area contributed by atoms with Crippen molar-refractivity contribution in [1.82, 2.24) is 18.7 Å².